The van der Waals surface area contributed by atoms with Gasteiger partial charge in [-0.15, -0.1) is 12.4 Å². The average molecular weight is 231 g/mol. The number of hydrogen-bond acceptors (Lipinski definition) is 4. The van der Waals surface area contributed by atoms with Gasteiger partial charge in [-0.2, -0.15) is 0 Å². The van der Waals surface area contributed by atoms with Crippen molar-refractivity contribution in [3.8, 4) is 5.75 Å². The first-order valence-corrected chi connectivity index (χ1v) is 4.39. The van der Waals surface area contributed by atoms with Gasteiger partial charge in [-0.25, -0.2) is 0 Å². The Morgan fingerprint density at radius 2 is 2.20 bits per heavy atom. The summed E-state index contributed by atoms with van der Waals surface area (Å²) < 4.78 is 0. The number of nitrogens with zero attached hydrogens (tertiary/aromatic N) is 1. The van der Waals surface area contributed by atoms with Crippen molar-refractivity contribution in [2.24, 2.45) is 0 Å². The highest BCUT2D eigenvalue weighted by Crippen LogP contribution is 2.31. The summed E-state index contributed by atoms with van der Waals surface area (Å²) in [4.78, 5) is 9.96. The van der Waals surface area contributed by atoms with Crippen LogP contribution < -0.4 is 5.32 Å². The lowest BCUT2D eigenvalue weighted by Crippen LogP contribution is -2.34. The zero-order valence-electron chi connectivity index (χ0n) is 7.84. The van der Waals surface area contributed by atoms with E-state index in [1.807, 2.05) is 0 Å². The quantitative estimate of drug-likeness (QED) is 0.600. The Hall–Kier alpha value is -1.33. The Balaban J connectivity index is 0.00000112. The number of rotatable bonds is 2. The van der Waals surface area contributed by atoms with Gasteiger partial charge in [0, 0.05) is 12.1 Å². The molecule has 0 bridgehead atoms. The highest BCUT2D eigenvalue weighted by atomic mass is 35.5. The third-order valence-electron chi connectivity index (χ3n) is 2.42. The van der Waals surface area contributed by atoms with Crippen LogP contribution in [0.25, 0.3) is 0 Å². The van der Waals surface area contributed by atoms with Crippen molar-refractivity contribution < 1.29 is 10.0 Å². The summed E-state index contributed by atoms with van der Waals surface area (Å²) in [6.45, 7) is 0.944. The Labute approximate surface area is 92.7 Å². The van der Waals surface area contributed by atoms with Crippen LogP contribution in [0.2, 0.25) is 0 Å². The Kier molecular flexibility index (Phi) is 3.49. The van der Waals surface area contributed by atoms with Crippen LogP contribution in [0.1, 0.15) is 18.0 Å². The zero-order valence-corrected chi connectivity index (χ0v) is 8.66. The number of phenolic OH excluding ortho intramolecular Hbond substituents is 1. The third-order valence-corrected chi connectivity index (χ3v) is 2.42. The lowest BCUT2D eigenvalue weighted by atomic mass is 9.97. The number of halogens is 1. The van der Waals surface area contributed by atoms with E-state index in [0.717, 1.165) is 18.5 Å². The van der Waals surface area contributed by atoms with Crippen LogP contribution in [0, 0.1) is 10.1 Å². The number of benzene rings is 1. The monoisotopic (exact) mass is 230 g/mol. The molecule has 1 saturated heterocycles. The smallest absolute Gasteiger partial charge is 0.311 e. The molecule has 1 fully saturated rings. The van der Waals surface area contributed by atoms with Crippen LogP contribution in [0.3, 0.4) is 0 Å². The van der Waals surface area contributed by atoms with E-state index in [1.165, 1.54) is 12.1 Å². The van der Waals surface area contributed by atoms with Crippen molar-refractivity contribution in [3.05, 3.63) is 33.9 Å². The van der Waals surface area contributed by atoms with Crippen LogP contribution >= 0.6 is 12.4 Å². The minimum absolute atomic E-state index is 0. The van der Waals surface area contributed by atoms with E-state index in [2.05, 4.69) is 5.32 Å². The van der Waals surface area contributed by atoms with Crippen LogP contribution in [-0.2, 0) is 0 Å². The summed E-state index contributed by atoms with van der Waals surface area (Å²) >= 11 is 0. The fraction of sp³-hybridized carbons (Fsp3) is 0.333. The molecular formula is C9H11ClN2O3. The van der Waals surface area contributed by atoms with Gasteiger partial charge in [-0.1, -0.05) is 6.07 Å². The van der Waals surface area contributed by atoms with Crippen LogP contribution in [-0.4, -0.2) is 16.6 Å². The predicted molar refractivity (Wildman–Crippen MR) is 57.4 cm³/mol. The minimum atomic E-state index is -0.572. The molecular weight excluding hydrogens is 220 g/mol. The van der Waals surface area contributed by atoms with Crippen molar-refractivity contribution >= 4 is 18.1 Å². The number of phenols is 1. The van der Waals surface area contributed by atoms with Gasteiger partial charge in [0.1, 0.15) is 0 Å². The highest BCUT2D eigenvalue weighted by molar-refractivity contribution is 5.85. The molecule has 1 aromatic carbocycles. The van der Waals surface area contributed by atoms with Gasteiger partial charge in [0.05, 0.1) is 4.92 Å². The van der Waals surface area contributed by atoms with Crippen molar-refractivity contribution in [1.82, 2.24) is 5.32 Å². The summed E-state index contributed by atoms with van der Waals surface area (Å²) in [5, 5.41) is 22.9. The molecule has 0 spiro atoms. The van der Waals surface area contributed by atoms with Crippen LogP contribution in [0.15, 0.2) is 18.2 Å². The number of nitro groups is 1. The first-order valence-electron chi connectivity index (χ1n) is 4.39. The fourth-order valence-corrected chi connectivity index (χ4v) is 1.48. The van der Waals surface area contributed by atoms with Gasteiger partial charge < -0.3 is 10.4 Å². The van der Waals surface area contributed by atoms with Gasteiger partial charge >= 0.3 is 5.69 Å². The molecule has 82 valence electrons. The molecule has 2 N–H and O–H groups in total. The highest BCUT2D eigenvalue weighted by Gasteiger charge is 2.22. The maximum atomic E-state index is 10.5. The molecule has 0 saturated carbocycles. The van der Waals surface area contributed by atoms with E-state index in [4.69, 9.17) is 0 Å². The molecule has 0 aromatic heterocycles. The minimum Gasteiger partial charge on any atom is -0.502 e. The van der Waals surface area contributed by atoms with E-state index >= 15 is 0 Å². The summed E-state index contributed by atoms with van der Waals surface area (Å²) in [7, 11) is 0. The molecule has 0 amide bonds. The Bertz CT molecular complexity index is 380. The van der Waals surface area contributed by atoms with Crippen LogP contribution in [0.5, 0.6) is 5.75 Å². The van der Waals surface area contributed by atoms with Gasteiger partial charge in [-0.3, -0.25) is 10.1 Å². The van der Waals surface area contributed by atoms with E-state index < -0.39 is 4.92 Å². The van der Waals surface area contributed by atoms with Crippen molar-refractivity contribution in [2.45, 2.75) is 12.5 Å². The van der Waals surface area contributed by atoms with Crippen LogP contribution in [0.4, 0.5) is 5.69 Å². The third kappa shape index (κ3) is 2.19. The van der Waals surface area contributed by atoms with Gasteiger partial charge in [0.15, 0.2) is 5.75 Å². The van der Waals surface area contributed by atoms with Crippen molar-refractivity contribution in [3.63, 3.8) is 0 Å². The molecule has 15 heavy (non-hydrogen) atoms. The second kappa shape index (κ2) is 4.46. The molecule has 2 rings (SSSR count). The maximum Gasteiger partial charge on any atom is 0.311 e. The Morgan fingerprint density at radius 1 is 1.53 bits per heavy atom. The maximum absolute atomic E-state index is 10.5. The molecule has 1 aliphatic heterocycles. The topological polar surface area (TPSA) is 75.4 Å². The van der Waals surface area contributed by atoms with E-state index in [1.54, 1.807) is 6.07 Å². The largest absolute Gasteiger partial charge is 0.502 e. The summed E-state index contributed by atoms with van der Waals surface area (Å²) in [6, 6.07) is 4.70. The molecule has 1 aliphatic rings. The summed E-state index contributed by atoms with van der Waals surface area (Å²) in [6.07, 6.45) is 0.988. The molecule has 1 aromatic rings. The number of nitro benzene ring substituents is 1. The zero-order chi connectivity index (χ0) is 10.1. The van der Waals surface area contributed by atoms with E-state index in [-0.39, 0.29) is 29.9 Å². The van der Waals surface area contributed by atoms with Crippen molar-refractivity contribution in [1.29, 1.82) is 0 Å². The molecule has 0 aliphatic carbocycles. The molecule has 5 nitrogen and oxygen atoms in total. The second-order valence-corrected chi connectivity index (χ2v) is 3.30. The SMILES string of the molecule is Cl.O=[N+]([O-])c1cc([C@@H]2CCN2)ccc1O. The second-order valence-electron chi connectivity index (χ2n) is 3.30. The fourth-order valence-electron chi connectivity index (χ4n) is 1.48. The number of aromatic hydroxyl groups is 1. The van der Waals surface area contributed by atoms with Gasteiger partial charge in [-0.05, 0) is 24.6 Å². The first kappa shape index (κ1) is 11.7. The lowest BCUT2D eigenvalue weighted by molar-refractivity contribution is -0.385. The molecule has 1 heterocycles. The van der Waals surface area contributed by atoms with Gasteiger partial charge in [0.2, 0.25) is 0 Å². The molecule has 0 radical (unpaired) electrons. The first-order chi connectivity index (χ1) is 6.68. The predicted octanol–water partition coefficient (Wildman–Crippen LogP) is 1.76. The average Bonchev–Trinajstić information content (AvgIpc) is 2.04. The molecule has 6 heteroatoms. The van der Waals surface area contributed by atoms with Crippen molar-refractivity contribution in [2.75, 3.05) is 6.54 Å². The normalized spacial score (nSPS) is 18.8. The summed E-state index contributed by atoms with van der Waals surface area (Å²) in [5.41, 5.74) is 0.636. The van der Waals surface area contributed by atoms with E-state index in [0.29, 0.717) is 0 Å². The van der Waals surface area contributed by atoms with E-state index in [9.17, 15) is 15.2 Å². The number of hydrogen-bond donors (Lipinski definition) is 2. The lowest BCUT2D eigenvalue weighted by Gasteiger charge is -2.27. The Morgan fingerprint density at radius 3 is 2.67 bits per heavy atom. The standard InChI is InChI=1S/C9H10N2O3.ClH/c12-9-2-1-6(7-3-4-10-7)5-8(9)11(13)14;/h1-2,5,7,10,12H,3-4H2;1H/t7-;/m0./s1. The molecule has 0 unspecified atom stereocenters. The molecule has 1 atom stereocenters. The summed E-state index contributed by atoms with van der Waals surface area (Å²) in [5.74, 6) is -0.280. The van der Waals surface area contributed by atoms with Gasteiger partial charge in [0.25, 0.3) is 0 Å². The number of nitrogens with one attached hydrogen (secondary N) is 1.